The lowest BCUT2D eigenvalue weighted by Gasteiger charge is -2.12. The largest absolute Gasteiger partial charge is 0.324 e. The molecule has 0 spiro atoms. The molecule has 0 amide bonds. The molecule has 0 saturated heterocycles. The highest BCUT2D eigenvalue weighted by atomic mass is 35.5. The van der Waals surface area contributed by atoms with Gasteiger partial charge in [0.1, 0.15) is 5.82 Å². The molecule has 90 valence electrons. The molecule has 3 nitrogen and oxygen atoms in total. The Bertz CT molecular complexity index is 524. The van der Waals surface area contributed by atoms with Gasteiger partial charge in [0.2, 0.25) is 0 Å². The third-order valence-electron chi connectivity index (χ3n) is 2.57. The molecule has 1 atom stereocenters. The summed E-state index contributed by atoms with van der Waals surface area (Å²) in [6.07, 6.45) is 4.12. The summed E-state index contributed by atoms with van der Waals surface area (Å²) in [7, 11) is 1.83. The number of nitrogens with two attached hydrogens (primary N) is 1. The van der Waals surface area contributed by atoms with Gasteiger partial charge >= 0.3 is 0 Å². The van der Waals surface area contributed by atoms with Crippen LogP contribution in [0.2, 0.25) is 5.02 Å². The fourth-order valence-corrected chi connectivity index (χ4v) is 1.92. The van der Waals surface area contributed by atoms with Crippen molar-refractivity contribution >= 4 is 11.6 Å². The van der Waals surface area contributed by atoms with Crippen molar-refractivity contribution in [3.63, 3.8) is 0 Å². The molecule has 0 bridgehead atoms. The summed E-state index contributed by atoms with van der Waals surface area (Å²) < 4.78 is 15.3. The first-order chi connectivity index (χ1) is 8.06. The first kappa shape index (κ1) is 12.1. The minimum absolute atomic E-state index is 0.328. The number of aryl methyl sites for hydroxylation is 1. The highest BCUT2D eigenvalue weighted by Gasteiger charge is 2.13. The summed E-state index contributed by atoms with van der Waals surface area (Å²) in [4.78, 5) is 0. The average molecular weight is 254 g/mol. The van der Waals surface area contributed by atoms with Gasteiger partial charge < -0.3 is 5.73 Å². The molecule has 2 aromatic rings. The van der Waals surface area contributed by atoms with Crippen molar-refractivity contribution in [2.24, 2.45) is 12.8 Å². The molecule has 0 fully saturated rings. The van der Waals surface area contributed by atoms with E-state index in [1.54, 1.807) is 16.9 Å². The predicted octanol–water partition coefficient (Wildman–Crippen LogP) is 2.46. The number of hydrogen-bond donors (Lipinski definition) is 1. The van der Waals surface area contributed by atoms with Gasteiger partial charge in [-0.3, -0.25) is 4.68 Å². The van der Waals surface area contributed by atoms with Crippen molar-refractivity contribution < 1.29 is 4.39 Å². The molecule has 17 heavy (non-hydrogen) atoms. The molecule has 1 unspecified atom stereocenters. The maximum atomic E-state index is 13.6. The minimum Gasteiger partial charge on any atom is -0.324 e. The van der Waals surface area contributed by atoms with Gasteiger partial charge in [-0.05, 0) is 30.2 Å². The van der Waals surface area contributed by atoms with E-state index in [1.807, 2.05) is 13.2 Å². The van der Waals surface area contributed by atoms with Crippen LogP contribution >= 0.6 is 11.6 Å². The molecule has 0 aliphatic carbocycles. The van der Waals surface area contributed by atoms with Crippen LogP contribution in [0, 0.1) is 5.82 Å². The number of halogens is 2. The van der Waals surface area contributed by atoms with Crippen molar-refractivity contribution in [1.82, 2.24) is 9.78 Å². The molecule has 5 heteroatoms. The van der Waals surface area contributed by atoms with Crippen LogP contribution in [0.25, 0.3) is 0 Å². The maximum Gasteiger partial charge on any atom is 0.128 e. The highest BCUT2D eigenvalue weighted by molar-refractivity contribution is 6.30. The maximum absolute atomic E-state index is 13.6. The zero-order valence-electron chi connectivity index (χ0n) is 9.40. The van der Waals surface area contributed by atoms with E-state index in [0.717, 1.165) is 5.56 Å². The molecule has 0 radical (unpaired) electrons. The number of aromatic nitrogens is 2. The van der Waals surface area contributed by atoms with Crippen LogP contribution in [0.1, 0.15) is 17.2 Å². The van der Waals surface area contributed by atoms with Crippen molar-refractivity contribution in [2.75, 3.05) is 0 Å². The average Bonchev–Trinajstić information content (AvgIpc) is 2.67. The molecule has 1 heterocycles. The molecule has 1 aromatic carbocycles. The Labute approximate surface area is 104 Å². The van der Waals surface area contributed by atoms with Gasteiger partial charge in [-0.2, -0.15) is 5.10 Å². The van der Waals surface area contributed by atoms with E-state index in [4.69, 9.17) is 17.3 Å². The van der Waals surface area contributed by atoms with E-state index in [0.29, 0.717) is 17.0 Å². The van der Waals surface area contributed by atoms with Crippen molar-refractivity contribution in [1.29, 1.82) is 0 Å². The third kappa shape index (κ3) is 2.84. The Morgan fingerprint density at radius 3 is 2.94 bits per heavy atom. The van der Waals surface area contributed by atoms with Crippen molar-refractivity contribution in [2.45, 2.75) is 12.5 Å². The molecule has 1 aromatic heterocycles. The lowest BCUT2D eigenvalue weighted by molar-refractivity contribution is 0.580. The van der Waals surface area contributed by atoms with Crippen LogP contribution in [0.15, 0.2) is 30.6 Å². The minimum atomic E-state index is -0.419. The van der Waals surface area contributed by atoms with Gasteiger partial charge in [0.25, 0.3) is 0 Å². The van der Waals surface area contributed by atoms with Crippen LogP contribution in [-0.4, -0.2) is 9.78 Å². The SMILES string of the molecule is Cn1cc(CC(N)c2cc(Cl)ccc2F)cn1. The van der Waals surface area contributed by atoms with Crippen LogP contribution < -0.4 is 5.73 Å². The van der Waals surface area contributed by atoms with Crippen molar-refractivity contribution in [3.05, 3.63) is 52.6 Å². The van der Waals surface area contributed by atoms with E-state index in [-0.39, 0.29) is 5.82 Å². The van der Waals surface area contributed by atoms with Gasteiger partial charge in [0.05, 0.1) is 6.20 Å². The smallest absolute Gasteiger partial charge is 0.128 e. The van der Waals surface area contributed by atoms with Gasteiger partial charge in [-0.25, -0.2) is 4.39 Å². The highest BCUT2D eigenvalue weighted by Crippen LogP contribution is 2.22. The number of benzene rings is 1. The molecular weight excluding hydrogens is 241 g/mol. The summed E-state index contributed by atoms with van der Waals surface area (Å²) >= 11 is 5.83. The van der Waals surface area contributed by atoms with Gasteiger partial charge in [-0.15, -0.1) is 0 Å². The summed E-state index contributed by atoms with van der Waals surface area (Å²) in [5.41, 5.74) is 7.37. The second kappa shape index (κ2) is 4.85. The van der Waals surface area contributed by atoms with E-state index < -0.39 is 6.04 Å². The van der Waals surface area contributed by atoms with Crippen LogP contribution in [0.5, 0.6) is 0 Å². The Kier molecular flexibility index (Phi) is 3.45. The molecule has 0 aliphatic heterocycles. The van der Waals surface area contributed by atoms with Crippen molar-refractivity contribution in [3.8, 4) is 0 Å². The molecule has 2 rings (SSSR count). The number of nitrogens with zero attached hydrogens (tertiary/aromatic N) is 2. The Morgan fingerprint density at radius 2 is 2.29 bits per heavy atom. The Hall–Kier alpha value is -1.39. The summed E-state index contributed by atoms with van der Waals surface area (Å²) in [6.45, 7) is 0. The Morgan fingerprint density at radius 1 is 1.53 bits per heavy atom. The number of rotatable bonds is 3. The van der Waals surface area contributed by atoms with Gasteiger partial charge in [-0.1, -0.05) is 11.6 Å². The lowest BCUT2D eigenvalue weighted by Crippen LogP contribution is -2.14. The zero-order chi connectivity index (χ0) is 12.4. The zero-order valence-corrected chi connectivity index (χ0v) is 10.2. The molecular formula is C12H13ClFN3. The van der Waals surface area contributed by atoms with Crippen LogP contribution in [0.3, 0.4) is 0 Å². The molecule has 0 saturated carbocycles. The van der Waals surface area contributed by atoms with Crippen LogP contribution in [-0.2, 0) is 13.5 Å². The number of hydrogen-bond acceptors (Lipinski definition) is 2. The lowest BCUT2D eigenvalue weighted by atomic mass is 10.0. The fourth-order valence-electron chi connectivity index (χ4n) is 1.74. The summed E-state index contributed by atoms with van der Waals surface area (Å²) in [5.74, 6) is -0.328. The second-order valence-corrected chi connectivity index (χ2v) is 4.44. The third-order valence-corrected chi connectivity index (χ3v) is 2.81. The Balaban J connectivity index is 2.19. The normalized spacial score (nSPS) is 12.7. The van der Waals surface area contributed by atoms with Gasteiger partial charge in [0, 0.05) is 29.9 Å². The second-order valence-electron chi connectivity index (χ2n) is 4.00. The molecule has 2 N–H and O–H groups in total. The van der Waals surface area contributed by atoms with E-state index in [1.165, 1.54) is 12.1 Å². The quantitative estimate of drug-likeness (QED) is 0.913. The summed E-state index contributed by atoms with van der Waals surface area (Å²) in [6, 6.07) is 3.99. The first-order valence-corrected chi connectivity index (χ1v) is 5.62. The standard InChI is InChI=1S/C12H13ClFN3/c1-17-7-8(6-16-17)4-12(15)10-5-9(13)2-3-11(10)14/h2-3,5-7,12H,4,15H2,1H3. The molecule has 0 aliphatic rings. The van der Waals surface area contributed by atoms with E-state index in [2.05, 4.69) is 5.10 Å². The fraction of sp³-hybridized carbons (Fsp3) is 0.250. The topological polar surface area (TPSA) is 43.8 Å². The van der Waals surface area contributed by atoms with E-state index >= 15 is 0 Å². The monoisotopic (exact) mass is 253 g/mol. The first-order valence-electron chi connectivity index (χ1n) is 5.24. The van der Waals surface area contributed by atoms with Crippen LogP contribution in [0.4, 0.5) is 4.39 Å². The van der Waals surface area contributed by atoms with E-state index in [9.17, 15) is 4.39 Å². The van der Waals surface area contributed by atoms with Gasteiger partial charge in [0.15, 0.2) is 0 Å². The summed E-state index contributed by atoms with van der Waals surface area (Å²) in [5, 5.41) is 4.53. The predicted molar refractivity (Wildman–Crippen MR) is 65.3 cm³/mol.